The molecule has 0 aliphatic rings. The van der Waals surface area contributed by atoms with Crippen LogP contribution in [0.5, 0.6) is 23.0 Å². The fourth-order valence-corrected chi connectivity index (χ4v) is 2.46. The molecular weight excluding hydrogens is 336 g/mol. The first-order valence-electron chi connectivity index (χ1n) is 7.60. The summed E-state index contributed by atoms with van der Waals surface area (Å²) in [6.07, 6.45) is 0. The summed E-state index contributed by atoms with van der Waals surface area (Å²) >= 11 is 0. The molecule has 0 aliphatic heterocycles. The zero-order valence-electron chi connectivity index (χ0n) is 13.4. The number of rotatable bonds is 4. The van der Waals surface area contributed by atoms with Crippen LogP contribution in [0.15, 0.2) is 60.7 Å². The molecule has 0 saturated heterocycles. The van der Waals surface area contributed by atoms with Crippen LogP contribution in [0.2, 0.25) is 0 Å². The molecule has 26 heavy (non-hydrogen) atoms. The summed E-state index contributed by atoms with van der Waals surface area (Å²) in [5, 5.41) is 37.7. The molecule has 0 bridgehead atoms. The Morgan fingerprint density at radius 2 is 0.885 bits per heavy atom. The highest BCUT2D eigenvalue weighted by atomic mass is 16.3. The van der Waals surface area contributed by atoms with Crippen LogP contribution in [0, 0.1) is 0 Å². The molecule has 0 saturated carbocycles. The van der Waals surface area contributed by atoms with Gasteiger partial charge in [0.15, 0.2) is 34.6 Å². The van der Waals surface area contributed by atoms with E-state index in [9.17, 15) is 30.0 Å². The molecule has 4 N–H and O–H groups in total. The number of phenols is 4. The number of ketones is 2. The minimum Gasteiger partial charge on any atom is -0.504 e. The van der Waals surface area contributed by atoms with Gasteiger partial charge >= 0.3 is 0 Å². The Labute approximate surface area is 148 Å². The lowest BCUT2D eigenvalue weighted by molar-refractivity contribution is 0.103. The van der Waals surface area contributed by atoms with Crippen LogP contribution in [-0.2, 0) is 0 Å². The molecule has 6 heteroatoms. The fraction of sp³-hybridized carbons (Fsp3) is 0. The molecule has 0 unspecified atom stereocenters. The summed E-state index contributed by atoms with van der Waals surface area (Å²) < 4.78 is 0. The van der Waals surface area contributed by atoms with Crippen LogP contribution >= 0.6 is 0 Å². The van der Waals surface area contributed by atoms with E-state index in [4.69, 9.17) is 0 Å². The summed E-state index contributed by atoms with van der Waals surface area (Å²) in [7, 11) is 0. The average Bonchev–Trinajstić information content (AvgIpc) is 2.65. The first-order chi connectivity index (χ1) is 12.4. The third-order valence-corrected chi connectivity index (χ3v) is 3.86. The van der Waals surface area contributed by atoms with Crippen molar-refractivity contribution < 1.29 is 30.0 Å². The van der Waals surface area contributed by atoms with Crippen LogP contribution in [0.25, 0.3) is 0 Å². The van der Waals surface area contributed by atoms with Crippen LogP contribution in [0.3, 0.4) is 0 Å². The van der Waals surface area contributed by atoms with Crippen molar-refractivity contribution in [3.05, 3.63) is 82.9 Å². The van der Waals surface area contributed by atoms with E-state index in [1.165, 1.54) is 42.5 Å². The van der Waals surface area contributed by atoms with Gasteiger partial charge in [-0.1, -0.05) is 18.2 Å². The Morgan fingerprint density at radius 3 is 1.27 bits per heavy atom. The number of aromatic hydroxyl groups is 4. The normalized spacial score (nSPS) is 10.5. The topological polar surface area (TPSA) is 115 Å². The van der Waals surface area contributed by atoms with Gasteiger partial charge in [-0.05, 0) is 42.5 Å². The highest BCUT2D eigenvalue weighted by molar-refractivity contribution is 6.13. The van der Waals surface area contributed by atoms with Gasteiger partial charge in [0.2, 0.25) is 0 Å². The van der Waals surface area contributed by atoms with Crippen LogP contribution in [0.4, 0.5) is 0 Å². The average molecular weight is 350 g/mol. The van der Waals surface area contributed by atoms with Gasteiger partial charge in [-0.25, -0.2) is 0 Å². The standard InChI is InChI=1S/C20H14O6/c21-15-6-4-13(9-17(15)23)19(25)11-2-1-3-12(8-11)20(26)14-5-7-16(22)18(24)10-14/h1-10,21-24H. The van der Waals surface area contributed by atoms with E-state index in [1.807, 2.05) is 0 Å². The lowest BCUT2D eigenvalue weighted by Crippen LogP contribution is -2.05. The maximum Gasteiger partial charge on any atom is 0.193 e. The van der Waals surface area contributed by atoms with Crippen molar-refractivity contribution in [2.45, 2.75) is 0 Å². The maximum atomic E-state index is 12.5. The molecule has 3 aromatic rings. The highest BCUT2D eigenvalue weighted by Gasteiger charge is 2.16. The van der Waals surface area contributed by atoms with E-state index < -0.39 is 23.1 Å². The predicted octanol–water partition coefficient (Wildman–Crippen LogP) is 2.97. The fourth-order valence-electron chi connectivity index (χ4n) is 2.46. The molecule has 130 valence electrons. The van der Waals surface area contributed by atoms with Gasteiger partial charge in [-0.2, -0.15) is 0 Å². The highest BCUT2D eigenvalue weighted by Crippen LogP contribution is 2.28. The second-order valence-electron chi connectivity index (χ2n) is 5.65. The van der Waals surface area contributed by atoms with E-state index in [-0.39, 0.29) is 33.8 Å². The Kier molecular flexibility index (Phi) is 4.33. The van der Waals surface area contributed by atoms with Crippen LogP contribution in [-0.4, -0.2) is 32.0 Å². The molecule has 3 aromatic carbocycles. The van der Waals surface area contributed by atoms with Gasteiger partial charge < -0.3 is 20.4 Å². The predicted molar refractivity (Wildman–Crippen MR) is 92.9 cm³/mol. The van der Waals surface area contributed by atoms with Gasteiger partial charge in [0.25, 0.3) is 0 Å². The SMILES string of the molecule is O=C(c1cccc(C(=O)c2ccc(O)c(O)c2)c1)c1ccc(O)c(O)c1. The van der Waals surface area contributed by atoms with Gasteiger partial charge in [0.1, 0.15) is 0 Å². The summed E-state index contributed by atoms with van der Waals surface area (Å²) in [6.45, 7) is 0. The number of benzene rings is 3. The van der Waals surface area contributed by atoms with Crippen molar-refractivity contribution in [3.8, 4) is 23.0 Å². The first kappa shape index (κ1) is 17.0. The zero-order valence-corrected chi connectivity index (χ0v) is 13.4. The quantitative estimate of drug-likeness (QED) is 0.425. The van der Waals surface area contributed by atoms with Crippen molar-refractivity contribution >= 4 is 11.6 Å². The molecule has 0 amide bonds. The minimum atomic E-state index is -0.427. The number of hydrogen-bond donors (Lipinski definition) is 4. The molecule has 0 fully saturated rings. The van der Waals surface area contributed by atoms with Crippen LogP contribution < -0.4 is 0 Å². The third-order valence-electron chi connectivity index (χ3n) is 3.86. The summed E-state index contributed by atoms with van der Waals surface area (Å²) in [5.74, 6) is -2.35. The second kappa shape index (κ2) is 6.60. The van der Waals surface area contributed by atoms with E-state index in [1.54, 1.807) is 6.07 Å². The smallest absolute Gasteiger partial charge is 0.193 e. The van der Waals surface area contributed by atoms with E-state index in [0.29, 0.717) is 0 Å². The van der Waals surface area contributed by atoms with Crippen molar-refractivity contribution in [1.82, 2.24) is 0 Å². The molecule has 0 aliphatic carbocycles. The monoisotopic (exact) mass is 350 g/mol. The number of phenolic OH excluding ortho intramolecular Hbond substituents is 4. The molecule has 0 atom stereocenters. The van der Waals surface area contributed by atoms with Crippen molar-refractivity contribution in [2.75, 3.05) is 0 Å². The van der Waals surface area contributed by atoms with Crippen molar-refractivity contribution in [3.63, 3.8) is 0 Å². The second-order valence-corrected chi connectivity index (χ2v) is 5.65. The van der Waals surface area contributed by atoms with Crippen molar-refractivity contribution in [2.24, 2.45) is 0 Å². The van der Waals surface area contributed by atoms with Gasteiger partial charge in [-0.3, -0.25) is 9.59 Å². The molecular formula is C20H14O6. The Hall–Kier alpha value is -3.80. The number of carbonyl (C=O) groups excluding carboxylic acids is 2. The molecule has 0 heterocycles. The van der Waals surface area contributed by atoms with Gasteiger partial charge in [-0.15, -0.1) is 0 Å². The van der Waals surface area contributed by atoms with Gasteiger partial charge in [0, 0.05) is 22.3 Å². The number of hydrogen-bond acceptors (Lipinski definition) is 6. The lowest BCUT2D eigenvalue weighted by Gasteiger charge is -2.07. The molecule has 0 radical (unpaired) electrons. The Balaban J connectivity index is 1.94. The molecule has 6 nitrogen and oxygen atoms in total. The molecule has 3 rings (SSSR count). The van der Waals surface area contributed by atoms with E-state index in [0.717, 1.165) is 12.1 Å². The number of carbonyl (C=O) groups is 2. The van der Waals surface area contributed by atoms with E-state index in [2.05, 4.69) is 0 Å². The Morgan fingerprint density at radius 1 is 0.500 bits per heavy atom. The summed E-state index contributed by atoms with van der Waals surface area (Å²) in [4.78, 5) is 25.1. The minimum absolute atomic E-state index is 0.159. The molecule has 0 aromatic heterocycles. The lowest BCUT2D eigenvalue weighted by atomic mass is 9.97. The molecule has 0 spiro atoms. The van der Waals surface area contributed by atoms with E-state index >= 15 is 0 Å². The van der Waals surface area contributed by atoms with Gasteiger partial charge in [0.05, 0.1) is 0 Å². The summed E-state index contributed by atoms with van der Waals surface area (Å²) in [5.41, 5.74) is 0.771. The third kappa shape index (κ3) is 3.21. The largest absolute Gasteiger partial charge is 0.504 e. The first-order valence-corrected chi connectivity index (χ1v) is 7.60. The van der Waals surface area contributed by atoms with Crippen molar-refractivity contribution in [1.29, 1.82) is 0 Å². The Bertz CT molecular complexity index is 944. The zero-order chi connectivity index (χ0) is 18.8. The van der Waals surface area contributed by atoms with Crippen LogP contribution in [0.1, 0.15) is 31.8 Å². The summed E-state index contributed by atoms with van der Waals surface area (Å²) in [6, 6.07) is 13.4. The maximum absolute atomic E-state index is 12.5.